The van der Waals surface area contributed by atoms with Crippen molar-refractivity contribution in [2.24, 2.45) is 0 Å². The van der Waals surface area contributed by atoms with Gasteiger partial charge in [-0.05, 0) is 43.2 Å². The molecule has 2 aromatic heterocycles. The van der Waals surface area contributed by atoms with Crippen molar-refractivity contribution in [2.45, 2.75) is 32.9 Å². The van der Waals surface area contributed by atoms with Crippen LogP contribution in [0.2, 0.25) is 4.34 Å². The van der Waals surface area contributed by atoms with Crippen LogP contribution in [0.1, 0.15) is 23.7 Å². The number of carbonyl (C=O) groups excluding carboxylic acids is 1. The average molecular weight is 430 g/mol. The molecule has 1 aliphatic heterocycles. The molecule has 0 radical (unpaired) electrons. The summed E-state index contributed by atoms with van der Waals surface area (Å²) in [5.41, 5.74) is 6.68. The lowest BCUT2D eigenvalue weighted by Crippen LogP contribution is -2.33. The van der Waals surface area contributed by atoms with Gasteiger partial charge < -0.3 is 15.5 Å². The Morgan fingerprint density at radius 2 is 2.00 bits per heavy atom. The number of amides is 1. The van der Waals surface area contributed by atoms with Crippen LogP contribution in [0.3, 0.4) is 0 Å². The highest BCUT2D eigenvalue weighted by molar-refractivity contribution is 7.19. The normalized spacial score (nSPS) is 15.8. The van der Waals surface area contributed by atoms with Crippen LogP contribution < -0.4 is 16.1 Å². The van der Waals surface area contributed by atoms with Crippen LogP contribution in [0.25, 0.3) is 10.7 Å². The zero-order valence-electron chi connectivity index (χ0n) is 16.0. The average Bonchev–Trinajstić information content (AvgIpc) is 3.31. The highest BCUT2D eigenvalue weighted by atomic mass is 35.5. The topological polar surface area (TPSA) is 88.2 Å². The first kappa shape index (κ1) is 19.6. The molecule has 1 aliphatic rings. The minimum absolute atomic E-state index is 0.224. The van der Waals surface area contributed by atoms with Gasteiger partial charge in [0.1, 0.15) is 12.0 Å². The van der Waals surface area contributed by atoms with E-state index < -0.39 is 6.09 Å². The molecular weight excluding hydrogens is 410 g/mol. The predicted octanol–water partition coefficient (Wildman–Crippen LogP) is 4.59. The highest BCUT2D eigenvalue weighted by Crippen LogP contribution is 2.31. The maximum absolute atomic E-state index is 11.1. The van der Waals surface area contributed by atoms with E-state index >= 15 is 0 Å². The third kappa shape index (κ3) is 4.50. The Morgan fingerprint density at radius 3 is 2.62 bits per heavy atom. The summed E-state index contributed by atoms with van der Waals surface area (Å²) in [5.74, 6) is 1.46. The molecule has 4 rings (SSSR count). The van der Waals surface area contributed by atoms with Crippen molar-refractivity contribution in [3.05, 3.63) is 57.6 Å². The Hall–Kier alpha value is -2.68. The molecule has 150 valence electrons. The maximum atomic E-state index is 11.1. The van der Waals surface area contributed by atoms with Crippen LogP contribution in [0.15, 0.2) is 36.4 Å². The summed E-state index contributed by atoms with van der Waals surface area (Å²) in [4.78, 5) is 26.1. The molecule has 9 heteroatoms. The lowest BCUT2D eigenvalue weighted by atomic mass is 10.1. The van der Waals surface area contributed by atoms with Crippen LogP contribution in [-0.4, -0.2) is 22.2 Å². The Bertz CT molecular complexity index is 1040. The molecule has 0 spiro atoms. The molecule has 1 atom stereocenters. The van der Waals surface area contributed by atoms with Crippen molar-refractivity contribution in [3.63, 3.8) is 0 Å². The van der Waals surface area contributed by atoms with E-state index in [0.29, 0.717) is 16.6 Å². The number of anilines is 2. The van der Waals surface area contributed by atoms with E-state index in [1.165, 1.54) is 11.3 Å². The zero-order valence-corrected chi connectivity index (χ0v) is 17.5. The first-order chi connectivity index (χ1) is 14.0. The number of aryl methyl sites for hydroxylation is 1. The number of thiophene rings is 1. The number of halogens is 1. The fraction of sp³-hybridized carbons (Fsp3) is 0.250. The Morgan fingerprint density at radius 1 is 1.21 bits per heavy atom. The van der Waals surface area contributed by atoms with Crippen molar-refractivity contribution in [2.75, 3.05) is 5.32 Å². The first-order valence-electron chi connectivity index (χ1n) is 9.24. The summed E-state index contributed by atoms with van der Waals surface area (Å²) in [6.07, 6.45) is 0.771. The molecular formula is C20H20ClN5O2S. The number of hydroxylamine groups is 1. The standard InChI is InChI=1S/C20H20ClN5O2S/c1-3-14-11(2)22-19(15-8-9-16(21)29-15)25-18(14)23-13-6-4-12(5-7-13)10-17-24-20(27)28-26-17/h4-9,17,26H,3,10H2,1-2H3,(H,24,27)(H,22,23,25). The molecule has 1 saturated heterocycles. The summed E-state index contributed by atoms with van der Waals surface area (Å²) in [5, 5.41) is 6.11. The van der Waals surface area contributed by atoms with Gasteiger partial charge in [0, 0.05) is 23.4 Å². The SMILES string of the molecule is CCc1c(C)nc(-c2ccc(Cl)s2)nc1Nc1ccc(CC2NOC(=O)N2)cc1. The van der Waals surface area contributed by atoms with E-state index in [0.717, 1.165) is 39.6 Å². The summed E-state index contributed by atoms with van der Waals surface area (Å²) >= 11 is 7.54. The summed E-state index contributed by atoms with van der Waals surface area (Å²) in [7, 11) is 0. The molecule has 1 unspecified atom stereocenters. The summed E-state index contributed by atoms with van der Waals surface area (Å²) in [6, 6.07) is 11.8. The van der Waals surface area contributed by atoms with Gasteiger partial charge in [-0.25, -0.2) is 14.8 Å². The molecule has 29 heavy (non-hydrogen) atoms. The molecule has 0 aliphatic carbocycles. The van der Waals surface area contributed by atoms with Crippen LogP contribution in [-0.2, 0) is 17.7 Å². The Labute approximate surface area is 177 Å². The number of carbonyl (C=O) groups is 1. The number of nitrogens with one attached hydrogen (secondary N) is 3. The van der Waals surface area contributed by atoms with Crippen LogP contribution in [0.5, 0.6) is 0 Å². The van der Waals surface area contributed by atoms with Gasteiger partial charge in [-0.2, -0.15) is 0 Å². The molecule has 3 aromatic rings. The summed E-state index contributed by atoms with van der Waals surface area (Å²) in [6.45, 7) is 4.09. The molecule has 3 N–H and O–H groups in total. The van der Waals surface area contributed by atoms with Gasteiger partial charge in [-0.15, -0.1) is 16.8 Å². The molecule has 0 saturated carbocycles. The molecule has 3 heterocycles. The largest absolute Gasteiger partial charge is 0.427 e. The molecule has 7 nitrogen and oxygen atoms in total. The number of hydrogen-bond donors (Lipinski definition) is 3. The van der Waals surface area contributed by atoms with Crippen molar-refractivity contribution < 1.29 is 9.63 Å². The third-order valence-corrected chi connectivity index (χ3v) is 5.83. The lowest BCUT2D eigenvalue weighted by Gasteiger charge is -2.14. The summed E-state index contributed by atoms with van der Waals surface area (Å²) < 4.78 is 0.712. The first-order valence-corrected chi connectivity index (χ1v) is 10.4. The Kier molecular flexibility index (Phi) is 5.66. The predicted molar refractivity (Wildman–Crippen MR) is 114 cm³/mol. The minimum atomic E-state index is -0.456. The van der Waals surface area contributed by atoms with Crippen molar-refractivity contribution in [3.8, 4) is 10.7 Å². The van der Waals surface area contributed by atoms with Crippen molar-refractivity contribution in [1.82, 2.24) is 20.8 Å². The van der Waals surface area contributed by atoms with E-state index in [4.69, 9.17) is 21.4 Å². The number of hydrogen-bond acceptors (Lipinski definition) is 7. The van der Waals surface area contributed by atoms with Crippen LogP contribution in [0, 0.1) is 6.92 Å². The molecule has 0 bridgehead atoms. The van der Waals surface area contributed by atoms with Gasteiger partial charge in [0.2, 0.25) is 0 Å². The quantitative estimate of drug-likeness (QED) is 0.531. The van der Waals surface area contributed by atoms with E-state index in [-0.39, 0.29) is 6.17 Å². The Balaban J connectivity index is 1.55. The van der Waals surface area contributed by atoms with E-state index in [1.54, 1.807) is 0 Å². The van der Waals surface area contributed by atoms with Crippen molar-refractivity contribution in [1.29, 1.82) is 0 Å². The molecule has 1 amide bonds. The number of benzene rings is 1. The van der Waals surface area contributed by atoms with Gasteiger partial charge in [0.25, 0.3) is 0 Å². The lowest BCUT2D eigenvalue weighted by molar-refractivity contribution is 0.121. The van der Waals surface area contributed by atoms with Crippen LogP contribution >= 0.6 is 22.9 Å². The van der Waals surface area contributed by atoms with Gasteiger partial charge in [-0.3, -0.25) is 0 Å². The van der Waals surface area contributed by atoms with E-state index in [2.05, 4.69) is 28.0 Å². The van der Waals surface area contributed by atoms with E-state index in [1.807, 2.05) is 43.3 Å². The van der Waals surface area contributed by atoms with Crippen molar-refractivity contribution >= 4 is 40.5 Å². The zero-order chi connectivity index (χ0) is 20.4. The monoisotopic (exact) mass is 429 g/mol. The van der Waals surface area contributed by atoms with E-state index in [9.17, 15) is 4.79 Å². The number of aromatic nitrogens is 2. The van der Waals surface area contributed by atoms with Gasteiger partial charge in [0.15, 0.2) is 5.82 Å². The highest BCUT2D eigenvalue weighted by Gasteiger charge is 2.21. The van der Waals surface area contributed by atoms with Gasteiger partial charge in [0.05, 0.1) is 9.21 Å². The van der Waals surface area contributed by atoms with Crippen LogP contribution in [0.4, 0.5) is 16.3 Å². The minimum Gasteiger partial charge on any atom is -0.352 e. The fourth-order valence-corrected chi connectivity index (χ4v) is 4.16. The van der Waals surface area contributed by atoms with Gasteiger partial charge in [-0.1, -0.05) is 30.7 Å². The maximum Gasteiger partial charge on any atom is 0.427 e. The third-order valence-electron chi connectivity index (χ3n) is 4.60. The number of nitrogens with zero attached hydrogens (tertiary/aromatic N) is 2. The fourth-order valence-electron chi connectivity index (χ4n) is 3.18. The second kappa shape index (κ2) is 8.36. The molecule has 1 aromatic carbocycles. The molecule has 1 fully saturated rings. The second-order valence-corrected chi connectivity index (χ2v) is 8.36. The second-order valence-electron chi connectivity index (χ2n) is 6.65. The smallest absolute Gasteiger partial charge is 0.352 e. The van der Waals surface area contributed by atoms with Gasteiger partial charge >= 0.3 is 6.09 Å². The number of rotatable bonds is 6.